The van der Waals surface area contributed by atoms with Gasteiger partial charge >= 0.3 is 12.0 Å². The molecular formula is C32H32ClIN4O8. The zero-order chi connectivity index (χ0) is 33.2. The number of benzene rings is 3. The topological polar surface area (TPSA) is 146 Å². The first-order chi connectivity index (χ1) is 22.1. The van der Waals surface area contributed by atoms with Crippen LogP contribution in [0.25, 0.3) is 0 Å². The summed E-state index contributed by atoms with van der Waals surface area (Å²) in [6, 6.07) is 14.8. The largest absolute Gasteiger partial charge is 0.493 e. The number of amides is 3. The van der Waals surface area contributed by atoms with Gasteiger partial charge < -0.3 is 34.3 Å². The third kappa shape index (κ3) is 8.81. The van der Waals surface area contributed by atoms with Crippen molar-refractivity contribution in [2.45, 2.75) is 26.5 Å². The number of hydrazone groups is 1. The number of rotatable bonds is 13. The van der Waals surface area contributed by atoms with Crippen molar-refractivity contribution in [3.8, 4) is 23.0 Å². The number of hydrogen-bond acceptors (Lipinski definition) is 9. The first-order valence-corrected chi connectivity index (χ1v) is 15.4. The van der Waals surface area contributed by atoms with E-state index < -0.39 is 23.9 Å². The van der Waals surface area contributed by atoms with Crippen molar-refractivity contribution in [2.75, 3.05) is 27.4 Å². The monoisotopic (exact) mass is 762 g/mol. The minimum absolute atomic E-state index is 0.177. The molecule has 14 heteroatoms. The standard InChI is InChI=1S/C32H32ClIN4O8/c1-5-44-31(40)28-18(2)36-32(41)37-29(28)21-8-11-24(25(14-21)42-3)45-17-27(39)38-35-15-20-12-23(33)30(26(13-20)43-4)46-16-19-6-9-22(34)10-7-19/h6-15,29H,5,16-17H2,1-4H3,(H,38,39)(H2,36,37,41)/b35-15-/t29-/m1/s1. The van der Waals surface area contributed by atoms with Crippen LogP contribution in [0.3, 0.4) is 0 Å². The van der Waals surface area contributed by atoms with Crippen LogP contribution < -0.4 is 35.0 Å². The molecule has 4 rings (SSSR count). The van der Waals surface area contributed by atoms with Gasteiger partial charge in [0, 0.05) is 9.27 Å². The lowest BCUT2D eigenvalue weighted by molar-refractivity contribution is -0.139. The van der Waals surface area contributed by atoms with Crippen molar-refractivity contribution in [1.29, 1.82) is 0 Å². The van der Waals surface area contributed by atoms with Gasteiger partial charge in [0.05, 0.1) is 43.7 Å². The van der Waals surface area contributed by atoms with Gasteiger partial charge in [0.2, 0.25) is 0 Å². The van der Waals surface area contributed by atoms with E-state index in [1.54, 1.807) is 44.2 Å². The fraction of sp³-hybridized carbons (Fsp3) is 0.250. The van der Waals surface area contributed by atoms with Gasteiger partial charge in [0.1, 0.15) is 6.61 Å². The van der Waals surface area contributed by atoms with Crippen molar-refractivity contribution in [3.63, 3.8) is 0 Å². The predicted octanol–water partition coefficient (Wildman–Crippen LogP) is 5.26. The summed E-state index contributed by atoms with van der Waals surface area (Å²) < 4.78 is 28.8. The van der Waals surface area contributed by atoms with Crippen LogP contribution >= 0.6 is 34.2 Å². The van der Waals surface area contributed by atoms with Gasteiger partial charge in [-0.05, 0) is 89.5 Å². The normalized spacial score (nSPS) is 14.3. The van der Waals surface area contributed by atoms with E-state index >= 15 is 0 Å². The van der Waals surface area contributed by atoms with Crippen LogP contribution in [0.5, 0.6) is 23.0 Å². The van der Waals surface area contributed by atoms with E-state index in [2.05, 4.69) is 43.8 Å². The summed E-state index contributed by atoms with van der Waals surface area (Å²) >= 11 is 8.71. The highest BCUT2D eigenvalue weighted by Crippen LogP contribution is 2.37. The Morgan fingerprint density at radius 2 is 1.76 bits per heavy atom. The molecule has 0 radical (unpaired) electrons. The second-order valence-electron chi connectivity index (χ2n) is 9.73. The molecule has 1 heterocycles. The molecule has 1 atom stereocenters. The highest BCUT2D eigenvalue weighted by Gasteiger charge is 2.32. The number of hydrogen-bond donors (Lipinski definition) is 3. The number of carbonyl (C=O) groups is 3. The summed E-state index contributed by atoms with van der Waals surface area (Å²) in [6.45, 7) is 3.43. The van der Waals surface area contributed by atoms with E-state index in [0.717, 1.165) is 9.13 Å². The van der Waals surface area contributed by atoms with Crippen LogP contribution in [0, 0.1) is 3.57 Å². The predicted molar refractivity (Wildman–Crippen MR) is 179 cm³/mol. The minimum Gasteiger partial charge on any atom is -0.493 e. The van der Waals surface area contributed by atoms with Gasteiger partial charge in [0.15, 0.2) is 29.6 Å². The highest BCUT2D eigenvalue weighted by molar-refractivity contribution is 14.1. The zero-order valence-corrected chi connectivity index (χ0v) is 28.4. The number of ether oxygens (including phenoxy) is 5. The van der Waals surface area contributed by atoms with Gasteiger partial charge in [-0.25, -0.2) is 15.0 Å². The maximum absolute atomic E-state index is 12.6. The number of nitrogens with zero attached hydrogens (tertiary/aromatic N) is 1. The molecule has 0 unspecified atom stereocenters. The molecule has 1 aliphatic rings. The number of allylic oxidation sites excluding steroid dienone is 1. The van der Waals surface area contributed by atoms with Crippen LogP contribution in [0.1, 0.15) is 36.6 Å². The number of esters is 1. The Morgan fingerprint density at radius 1 is 1.02 bits per heavy atom. The molecule has 3 aromatic rings. The molecule has 242 valence electrons. The summed E-state index contributed by atoms with van der Waals surface area (Å²) in [6.07, 6.45) is 1.41. The molecule has 0 bridgehead atoms. The molecule has 46 heavy (non-hydrogen) atoms. The molecule has 1 aliphatic heterocycles. The highest BCUT2D eigenvalue weighted by atomic mass is 127. The summed E-state index contributed by atoms with van der Waals surface area (Å²) in [4.78, 5) is 37.3. The third-order valence-electron chi connectivity index (χ3n) is 6.60. The lowest BCUT2D eigenvalue weighted by Crippen LogP contribution is -2.45. The number of halogens is 2. The molecular weight excluding hydrogens is 731 g/mol. The van der Waals surface area contributed by atoms with E-state index in [0.29, 0.717) is 40.0 Å². The molecule has 0 saturated heterocycles. The average Bonchev–Trinajstić information content (AvgIpc) is 3.03. The third-order valence-corrected chi connectivity index (χ3v) is 7.60. The maximum Gasteiger partial charge on any atom is 0.338 e. The van der Waals surface area contributed by atoms with Gasteiger partial charge in [0.25, 0.3) is 5.91 Å². The van der Waals surface area contributed by atoms with Crippen molar-refractivity contribution in [3.05, 3.63) is 91.2 Å². The first-order valence-electron chi connectivity index (χ1n) is 14.0. The van der Waals surface area contributed by atoms with Crippen LogP contribution in [-0.2, 0) is 20.9 Å². The molecule has 0 fully saturated rings. The second kappa shape index (κ2) is 16.2. The summed E-state index contributed by atoms with van der Waals surface area (Å²) in [5.41, 5.74) is 5.14. The average molecular weight is 763 g/mol. The summed E-state index contributed by atoms with van der Waals surface area (Å²) in [5.74, 6) is 0.260. The molecule has 0 aliphatic carbocycles. The van der Waals surface area contributed by atoms with Crippen molar-refractivity contribution < 1.29 is 38.1 Å². The van der Waals surface area contributed by atoms with Gasteiger partial charge in [-0.2, -0.15) is 5.10 Å². The van der Waals surface area contributed by atoms with E-state index in [1.807, 2.05) is 24.3 Å². The number of nitrogens with one attached hydrogen (secondary N) is 3. The Labute approximate surface area is 284 Å². The lowest BCUT2D eigenvalue weighted by Gasteiger charge is -2.28. The van der Waals surface area contributed by atoms with Crippen LogP contribution in [0.4, 0.5) is 4.79 Å². The first kappa shape index (κ1) is 34.4. The van der Waals surface area contributed by atoms with E-state index in [-0.39, 0.29) is 30.3 Å². The van der Waals surface area contributed by atoms with Gasteiger partial charge in [-0.1, -0.05) is 29.8 Å². The lowest BCUT2D eigenvalue weighted by atomic mass is 9.95. The Hall–Kier alpha value is -4.50. The van der Waals surface area contributed by atoms with E-state index in [9.17, 15) is 14.4 Å². The number of methoxy groups -OCH3 is 2. The van der Waals surface area contributed by atoms with Crippen LogP contribution in [0.2, 0.25) is 5.02 Å². The molecule has 0 saturated carbocycles. The van der Waals surface area contributed by atoms with Crippen LogP contribution in [0.15, 0.2) is 71.0 Å². The second-order valence-corrected chi connectivity index (χ2v) is 11.4. The fourth-order valence-corrected chi connectivity index (χ4v) is 5.08. The van der Waals surface area contributed by atoms with E-state index in [4.69, 9.17) is 35.3 Å². The number of carbonyl (C=O) groups excluding carboxylic acids is 3. The molecule has 0 aromatic heterocycles. The SMILES string of the molecule is CCOC(=O)C1=C(C)NC(=O)N[C@@H]1c1ccc(OCC(=O)N/N=C\c2cc(Cl)c(OCc3ccc(I)cc3)c(OC)c2)c(OC)c1. The van der Waals surface area contributed by atoms with Gasteiger partial charge in [-0.15, -0.1) is 0 Å². The molecule has 3 aromatic carbocycles. The van der Waals surface area contributed by atoms with Gasteiger partial charge in [-0.3, -0.25) is 4.79 Å². The van der Waals surface area contributed by atoms with Crippen LogP contribution in [-0.4, -0.2) is 51.6 Å². The Bertz CT molecular complexity index is 1660. The summed E-state index contributed by atoms with van der Waals surface area (Å²) in [5, 5.41) is 9.63. The Balaban J connectivity index is 1.37. The quantitative estimate of drug-likeness (QED) is 0.0926. The van der Waals surface area contributed by atoms with Crippen molar-refractivity contribution in [2.24, 2.45) is 5.10 Å². The fourth-order valence-electron chi connectivity index (χ4n) is 4.45. The van der Waals surface area contributed by atoms with Crippen molar-refractivity contribution >= 4 is 58.3 Å². The minimum atomic E-state index is -0.783. The molecule has 3 N–H and O–H groups in total. The van der Waals surface area contributed by atoms with Crippen molar-refractivity contribution in [1.82, 2.24) is 16.1 Å². The Kier molecular flexibility index (Phi) is 12.1. The number of urea groups is 1. The Morgan fingerprint density at radius 3 is 2.46 bits per heavy atom. The zero-order valence-electron chi connectivity index (χ0n) is 25.4. The summed E-state index contributed by atoms with van der Waals surface area (Å²) in [7, 11) is 2.94. The molecule has 12 nitrogen and oxygen atoms in total. The molecule has 0 spiro atoms. The maximum atomic E-state index is 12.6. The smallest absolute Gasteiger partial charge is 0.338 e. The molecule has 3 amide bonds. The van der Waals surface area contributed by atoms with E-state index in [1.165, 1.54) is 20.4 Å².